The summed E-state index contributed by atoms with van der Waals surface area (Å²) in [5.74, 6) is -1.09. The van der Waals surface area contributed by atoms with E-state index in [1.54, 1.807) is 12.1 Å². The van der Waals surface area contributed by atoms with Crippen molar-refractivity contribution in [2.45, 2.75) is 6.42 Å². The topological polar surface area (TPSA) is 99.8 Å². The summed E-state index contributed by atoms with van der Waals surface area (Å²) in [6.45, 7) is 3.47. The highest BCUT2D eigenvalue weighted by Crippen LogP contribution is 2.17. The van der Waals surface area contributed by atoms with Crippen LogP contribution in [0.15, 0.2) is 43.1 Å². The summed E-state index contributed by atoms with van der Waals surface area (Å²) in [6.07, 6.45) is 2.69. The van der Waals surface area contributed by atoms with Crippen LogP contribution in [0.1, 0.15) is 12.0 Å². The van der Waals surface area contributed by atoms with Gasteiger partial charge in [-0.2, -0.15) is 10.4 Å². The Balaban J connectivity index is 2.03. The van der Waals surface area contributed by atoms with Gasteiger partial charge in [-0.1, -0.05) is 12.6 Å². The van der Waals surface area contributed by atoms with Crippen molar-refractivity contribution >= 4 is 17.6 Å². The van der Waals surface area contributed by atoms with Gasteiger partial charge in [0.15, 0.2) is 5.82 Å². The summed E-state index contributed by atoms with van der Waals surface area (Å²) >= 11 is 0. The Morgan fingerprint density at radius 1 is 1.42 bits per heavy atom. The predicted octanol–water partition coefficient (Wildman–Crippen LogP) is 1.51. The lowest BCUT2D eigenvalue weighted by Gasteiger charge is -2.05. The molecule has 122 valence electrons. The van der Waals surface area contributed by atoms with E-state index in [0.717, 1.165) is 6.08 Å². The van der Waals surface area contributed by atoms with E-state index < -0.39 is 5.82 Å². The normalized spacial score (nSPS) is 9.83. The van der Waals surface area contributed by atoms with Crippen molar-refractivity contribution in [3.63, 3.8) is 0 Å². The van der Waals surface area contributed by atoms with Gasteiger partial charge in [0.05, 0.1) is 5.69 Å². The van der Waals surface area contributed by atoms with Crippen molar-refractivity contribution in [1.82, 2.24) is 15.1 Å². The third-order valence-electron chi connectivity index (χ3n) is 3.04. The van der Waals surface area contributed by atoms with Crippen LogP contribution in [0.2, 0.25) is 0 Å². The second kappa shape index (κ2) is 7.69. The van der Waals surface area contributed by atoms with Gasteiger partial charge >= 0.3 is 0 Å². The quantitative estimate of drug-likeness (QED) is 0.786. The van der Waals surface area contributed by atoms with Crippen LogP contribution >= 0.6 is 0 Å². The highest BCUT2D eigenvalue weighted by Gasteiger charge is 2.12. The molecule has 0 bridgehead atoms. The van der Waals surface area contributed by atoms with Crippen LogP contribution in [0.4, 0.5) is 10.2 Å². The third-order valence-corrected chi connectivity index (χ3v) is 3.04. The van der Waals surface area contributed by atoms with Gasteiger partial charge in [0, 0.05) is 25.2 Å². The standard InChI is InChI=1S/C16H14FN5O2/c1-2-15(23)19-8-6-16(24)20-14-7-9-22(21-14)13-5-3-4-12(17)11(13)10-18/h2-5,7,9H,1,6,8H2,(H,19,23)(H,20,21,24). The molecule has 0 aliphatic heterocycles. The van der Waals surface area contributed by atoms with Crippen LogP contribution < -0.4 is 10.6 Å². The zero-order valence-electron chi connectivity index (χ0n) is 12.6. The smallest absolute Gasteiger partial charge is 0.243 e. The molecule has 0 unspecified atom stereocenters. The van der Waals surface area contributed by atoms with E-state index >= 15 is 0 Å². The van der Waals surface area contributed by atoms with Crippen molar-refractivity contribution in [3.05, 3.63) is 54.5 Å². The summed E-state index contributed by atoms with van der Waals surface area (Å²) in [5, 5.41) is 18.2. The second-order valence-electron chi connectivity index (χ2n) is 4.68. The van der Waals surface area contributed by atoms with Crippen molar-refractivity contribution in [1.29, 1.82) is 5.26 Å². The molecule has 1 heterocycles. The fraction of sp³-hybridized carbons (Fsp3) is 0.125. The molecule has 24 heavy (non-hydrogen) atoms. The van der Waals surface area contributed by atoms with Gasteiger partial charge in [-0.3, -0.25) is 9.59 Å². The molecule has 2 N–H and O–H groups in total. The van der Waals surface area contributed by atoms with Crippen molar-refractivity contribution in [2.24, 2.45) is 0 Å². The monoisotopic (exact) mass is 327 g/mol. The lowest BCUT2D eigenvalue weighted by molar-refractivity contribution is -0.117. The SMILES string of the molecule is C=CC(=O)NCCC(=O)Nc1ccn(-c2cccc(F)c2C#N)n1. The molecule has 8 heteroatoms. The molecule has 0 saturated heterocycles. The molecule has 7 nitrogen and oxygen atoms in total. The van der Waals surface area contributed by atoms with Crippen molar-refractivity contribution in [3.8, 4) is 11.8 Å². The number of carbonyl (C=O) groups is 2. The number of rotatable bonds is 6. The molecule has 0 atom stereocenters. The first-order valence-electron chi connectivity index (χ1n) is 7.00. The summed E-state index contributed by atoms with van der Waals surface area (Å²) in [6, 6.07) is 7.50. The Bertz CT molecular complexity index is 822. The molecule has 0 fully saturated rings. The first kappa shape index (κ1) is 16.9. The average Bonchev–Trinajstić information content (AvgIpc) is 3.02. The molecule has 2 rings (SSSR count). The van der Waals surface area contributed by atoms with Gasteiger partial charge in [0.25, 0.3) is 0 Å². The van der Waals surface area contributed by atoms with Crippen molar-refractivity contribution < 1.29 is 14.0 Å². The van der Waals surface area contributed by atoms with Gasteiger partial charge in [-0.15, -0.1) is 0 Å². The van der Waals surface area contributed by atoms with Gasteiger partial charge < -0.3 is 10.6 Å². The molecule has 2 aromatic rings. The summed E-state index contributed by atoms with van der Waals surface area (Å²) < 4.78 is 14.9. The van der Waals surface area contributed by atoms with Crippen LogP contribution in [0, 0.1) is 17.1 Å². The second-order valence-corrected chi connectivity index (χ2v) is 4.68. The lowest BCUT2D eigenvalue weighted by Crippen LogP contribution is -2.26. The summed E-state index contributed by atoms with van der Waals surface area (Å²) in [7, 11) is 0. The first-order valence-corrected chi connectivity index (χ1v) is 7.00. The van der Waals surface area contributed by atoms with E-state index in [2.05, 4.69) is 22.3 Å². The maximum atomic E-state index is 13.6. The molecule has 2 amide bonds. The molecular formula is C16H14FN5O2. The predicted molar refractivity (Wildman–Crippen MR) is 84.7 cm³/mol. The Morgan fingerprint density at radius 3 is 2.92 bits per heavy atom. The van der Waals surface area contributed by atoms with E-state index in [1.165, 1.54) is 29.1 Å². The van der Waals surface area contributed by atoms with Crippen molar-refractivity contribution in [2.75, 3.05) is 11.9 Å². The van der Waals surface area contributed by atoms with Crippen LogP contribution in [-0.4, -0.2) is 28.1 Å². The minimum Gasteiger partial charge on any atom is -0.352 e. The van der Waals surface area contributed by atoms with E-state index in [9.17, 15) is 14.0 Å². The Kier molecular flexibility index (Phi) is 5.41. The third kappa shape index (κ3) is 4.04. The summed E-state index contributed by atoms with van der Waals surface area (Å²) in [4.78, 5) is 22.7. The largest absolute Gasteiger partial charge is 0.352 e. The van der Waals surface area contributed by atoms with E-state index in [-0.39, 0.29) is 41.8 Å². The van der Waals surface area contributed by atoms with E-state index in [1.807, 2.05) is 0 Å². The molecule has 0 saturated carbocycles. The zero-order chi connectivity index (χ0) is 17.5. The number of nitrogens with zero attached hydrogens (tertiary/aromatic N) is 3. The maximum absolute atomic E-state index is 13.6. The van der Waals surface area contributed by atoms with Crippen LogP contribution in [-0.2, 0) is 9.59 Å². The number of anilines is 1. The molecule has 0 aliphatic carbocycles. The number of carbonyl (C=O) groups excluding carboxylic acids is 2. The molecule has 0 radical (unpaired) electrons. The number of aromatic nitrogens is 2. The van der Waals surface area contributed by atoms with Gasteiger partial charge in [-0.05, 0) is 18.2 Å². The number of hydrogen-bond acceptors (Lipinski definition) is 4. The molecule has 1 aromatic heterocycles. The van der Waals surface area contributed by atoms with E-state index in [0.29, 0.717) is 0 Å². The first-order chi connectivity index (χ1) is 11.5. The summed E-state index contributed by atoms with van der Waals surface area (Å²) in [5.41, 5.74) is 0.141. The number of nitriles is 1. The highest BCUT2D eigenvalue weighted by atomic mass is 19.1. The minimum atomic E-state index is -0.644. The molecule has 0 spiro atoms. The van der Waals surface area contributed by atoms with Crippen LogP contribution in [0.3, 0.4) is 0 Å². The van der Waals surface area contributed by atoms with Crippen LogP contribution in [0.5, 0.6) is 0 Å². The maximum Gasteiger partial charge on any atom is 0.243 e. The number of halogens is 1. The highest BCUT2D eigenvalue weighted by molar-refractivity contribution is 5.91. The zero-order valence-corrected chi connectivity index (χ0v) is 12.6. The van der Waals surface area contributed by atoms with E-state index in [4.69, 9.17) is 5.26 Å². The lowest BCUT2D eigenvalue weighted by atomic mass is 10.2. The Morgan fingerprint density at radius 2 is 2.21 bits per heavy atom. The molecule has 1 aromatic carbocycles. The Hall–Kier alpha value is -3.47. The van der Waals surface area contributed by atoms with Crippen LogP contribution in [0.25, 0.3) is 5.69 Å². The molecule has 0 aliphatic rings. The minimum absolute atomic E-state index is 0.0653. The van der Waals surface area contributed by atoms with Gasteiger partial charge in [0.2, 0.25) is 11.8 Å². The average molecular weight is 327 g/mol. The van der Waals surface area contributed by atoms with Gasteiger partial charge in [-0.25, -0.2) is 9.07 Å². The Labute approximate surface area is 137 Å². The number of nitrogens with one attached hydrogen (secondary N) is 2. The number of benzene rings is 1. The van der Waals surface area contributed by atoms with Gasteiger partial charge in [0.1, 0.15) is 17.4 Å². The molecular weight excluding hydrogens is 313 g/mol. The fourth-order valence-electron chi connectivity index (χ4n) is 1.92. The fourth-order valence-corrected chi connectivity index (χ4v) is 1.92. The number of amides is 2. The number of hydrogen-bond donors (Lipinski definition) is 2.